The molecule has 0 aliphatic heterocycles. The van der Waals surface area contributed by atoms with Crippen LogP contribution in [0.5, 0.6) is 0 Å². The van der Waals surface area contributed by atoms with E-state index in [1.165, 1.54) is 0 Å². The van der Waals surface area contributed by atoms with Gasteiger partial charge in [0.2, 0.25) is 0 Å². The third-order valence-electron chi connectivity index (χ3n) is 2.21. The minimum atomic E-state index is 0.838. The Morgan fingerprint density at radius 1 is 0.824 bits per heavy atom. The second-order valence-corrected chi connectivity index (χ2v) is 3.43. The Morgan fingerprint density at radius 3 is 2.12 bits per heavy atom. The molecule has 17 heavy (non-hydrogen) atoms. The highest BCUT2D eigenvalue weighted by atomic mass is 14.9. The van der Waals surface area contributed by atoms with Gasteiger partial charge in [0.25, 0.3) is 0 Å². The van der Waals surface area contributed by atoms with Crippen molar-refractivity contribution in [2.75, 3.05) is 5.32 Å². The molecule has 2 aromatic carbocycles. The Kier molecular flexibility index (Phi) is 3.43. The molecular formula is C15H10N2. The highest BCUT2D eigenvalue weighted by molar-refractivity contribution is 5.60. The van der Waals surface area contributed by atoms with E-state index in [4.69, 9.17) is 5.26 Å². The first-order valence-corrected chi connectivity index (χ1v) is 5.21. The molecule has 2 nitrogen and oxygen atoms in total. The SMILES string of the molecule is N#CC#Cc1ccc(Nc2ccccc2)cc1. The number of nitriles is 1. The van der Waals surface area contributed by atoms with E-state index in [9.17, 15) is 0 Å². The molecule has 0 amide bonds. The summed E-state index contributed by atoms with van der Waals surface area (Å²) >= 11 is 0. The molecule has 0 atom stereocenters. The Morgan fingerprint density at radius 2 is 1.47 bits per heavy atom. The molecule has 1 N–H and O–H groups in total. The monoisotopic (exact) mass is 218 g/mol. The number of nitrogens with zero attached hydrogens (tertiary/aromatic N) is 1. The summed E-state index contributed by atoms with van der Waals surface area (Å²) in [6.45, 7) is 0. The average molecular weight is 218 g/mol. The topological polar surface area (TPSA) is 35.8 Å². The first-order chi connectivity index (χ1) is 8.38. The van der Waals surface area contributed by atoms with Crippen molar-refractivity contribution in [3.63, 3.8) is 0 Å². The maximum atomic E-state index is 8.34. The van der Waals surface area contributed by atoms with Crippen molar-refractivity contribution in [1.29, 1.82) is 5.26 Å². The first kappa shape index (κ1) is 10.8. The third kappa shape index (κ3) is 3.12. The van der Waals surface area contributed by atoms with Crippen LogP contribution in [0.4, 0.5) is 11.4 Å². The zero-order chi connectivity index (χ0) is 11.9. The van der Waals surface area contributed by atoms with Crippen molar-refractivity contribution in [1.82, 2.24) is 0 Å². The van der Waals surface area contributed by atoms with E-state index in [-0.39, 0.29) is 0 Å². The minimum absolute atomic E-state index is 0.838. The Hall–Kier alpha value is -2.71. The lowest BCUT2D eigenvalue weighted by molar-refractivity contribution is 1.53. The number of anilines is 2. The van der Waals surface area contributed by atoms with Crippen molar-refractivity contribution in [2.45, 2.75) is 0 Å². The lowest BCUT2D eigenvalue weighted by Crippen LogP contribution is -1.89. The van der Waals surface area contributed by atoms with E-state index in [1.54, 1.807) is 6.07 Å². The van der Waals surface area contributed by atoms with E-state index < -0.39 is 0 Å². The predicted molar refractivity (Wildman–Crippen MR) is 68.7 cm³/mol. The molecule has 0 heterocycles. The van der Waals surface area contributed by atoms with Gasteiger partial charge in [0, 0.05) is 22.9 Å². The average Bonchev–Trinajstić information content (AvgIpc) is 2.39. The van der Waals surface area contributed by atoms with E-state index in [2.05, 4.69) is 17.2 Å². The lowest BCUT2D eigenvalue weighted by atomic mass is 10.2. The molecule has 2 rings (SSSR count). The lowest BCUT2D eigenvalue weighted by Gasteiger charge is -2.05. The van der Waals surface area contributed by atoms with Gasteiger partial charge in [-0.15, -0.1) is 0 Å². The van der Waals surface area contributed by atoms with Crippen LogP contribution in [-0.4, -0.2) is 0 Å². The van der Waals surface area contributed by atoms with Crippen LogP contribution in [-0.2, 0) is 0 Å². The quantitative estimate of drug-likeness (QED) is 0.785. The molecule has 0 aliphatic carbocycles. The number of benzene rings is 2. The standard InChI is InChI=1S/C15H10N2/c16-12-4-5-13-8-10-15(11-9-13)17-14-6-2-1-3-7-14/h1-3,6-11,17H. The summed E-state index contributed by atoms with van der Waals surface area (Å²) in [5.41, 5.74) is 2.88. The van der Waals surface area contributed by atoms with Gasteiger partial charge in [-0.2, -0.15) is 5.26 Å². The molecule has 0 unspecified atom stereocenters. The van der Waals surface area contributed by atoms with Crippen LogP contribution < -0.4 is 5.32 Å². The first-order valence-electron chi connectivity index (χ1n) is 5.21. The van der Waals surface area contributed by atoms with Gasteiger partial charge in [-0.1, -0.05) is 24.1 Å². The molecule has 0 aliphatic rings. The zero-order valence-electron chi connectivity index (χ0n) is 9.14. The fourth-order valence-electron chi connectivity index (χ4n) is 1.43. The fourth-order valence-corrected chi connectivity index (χ4v) is 1.43. The summed E-state index contributed by atoms with van der Waals surface area (Å²) in [5.74, 6) is 5.12. The molecule has 0 saturated carbocycles. The van der Waals surface area contributed by atoms with Crippen LogP contribution in [0.1, 0.15) is 5.56 Å². The van der Waals surface area contributed by atoms with Crippen LogP contribution in [0.3, 0.4) is 0 Å². The van der Waals surface area contributed by atoms with E-state index in [1.807, 2.05) is 54.6 Å². The summed E-state index contributed by atoms with van der Waals surface area (Å²) in [7, 11) is 0. The maximum absolute atomic E-state index is 8.34. The second kappa shape index (κ2) is 5.39. The van der Waals surface area contributed by atoms with Crippen molar-refractivity contribution in [3.05, 3.63) is 60.2 Å². The molecule has 0 aromatic heterocycles. The van der Waals surface area contributed by atoms with E-state index >= 15 is 0 Å². The number of para-hydroxylation sites is 1. The maximum Gasteiger partial charge on any atom is 0.152 e. The summed E-state index contributed by atoms with van der Waals surface area (Å²) in [6, 6.07) is 19.4. The Labute approximate surface area is 101 Å². The highest BCUT2D eigenvalue weighted by Crippen LogP contribution is 2.16. The largest absolute Gasteiger partial charge is 0.356 e. The van der Waals surface area contributed by atoms with Gasteiger partial charge in [0.05, 0.1) is 0 Å². The van der Waals surface area contributed by atoms with Gasteiger partial charge in [-0.25, -0.2) is 0 Å². The van der Waals surface area contributed by atoms with Crippen LogP contribution in [0.2, 0.25) is 0 Å². The van der Waals surface area contributed by atoms with Crippen LogP contribution in [0, 0.1) is 23.2 Å². The van der Waals surface area contributed by atoms with Crippen LogP contribution >= 0.6 is 0 Å². The fraction of sp³-hybridized carbons (Fsp3) is 0. The van der Waals surface area contributed by atoms with Gasteiger partial charge >= 0.3 is 0 Å². The van der Waals surface area contributed by atoms with Crippen molar-refractivity contribution in [2.24, 2.45) is 0 Å². The summed E-state index contributed by atoms with van der Waals surface area (Å²) in [4.78, 5) is 0. The molecule has 0 radical (unpaired) electrons. The summed E-state index contributed by atoms with van der Waals surface area (Å²) in [5, 5.41) is 11.6. The highest BCUT2D eigenvalue weighted by Gasteiger charge is 1.93. The van der Waals surface area contributed by atoms with E-state index in [0.29, 0.717) is 0 Å². The van der Waals surface area contributed by atoms with Crippen molar-refractivity contribution < 1.29 is 0 Å². The number of nitrogens with one attached hydrogen (secondary N) is 1. The summed E-state index contributed by atoms with van der Waals surface area (Å²) in [6.07, 6.45) is 0. The van der Waals surface area contributed by atoms with Crippen molar-refractivity contribution in [3.8, 4) is 17.9 Å². The van der Waals surface area contributed by atoms with Crippen LogP contribution in [0.25, 0.3) is 0 Å². The second-order valence-electron chi connectivity index (χ2n) is 3.43. The van der Waals surface area contributed by atoms with Gasteiger partial charge in [-0.05, 0) is 36.4 Å². The Bertz CT molecular complexity index is 581. The molecule has 80 valence electrons. The minimum Gasteiger partial charge on any atom is -0.356 e. The van der Waals surface area contributed by atoms with Crippen LogP contribution in [0.15, 0.2) is 54.6 Å². The smallest absolute Gasteiger partial charge is 0.152 e. The number of rotatable bonds is 2. The number of hydrogen-bond acceptors (Lipinski definition) is 2. The van der Waals surface area contributed by atoms with Gasteiger partial charge < -0.3 is 5.32 Å². The van der Waals surface area contributed by atoms with E-state index in [0.717, 1.165) is 16.9 Å². The Balaban J connectivity index is 2.12. The predicted octanol–water partition coefficient (Wildman–Crippen LogP) is 3.31. The summed E-state index contributed by atoms with van der Waals surface area (Å²) < 4.78 is 0. The normalized spacial score (nSPS) is 8.65. The zero-order valence-corrected chi connectivity index (χ0v) is 9.14. The van der Waals surface area contributed by atoms with Gasteiger partial charge in [0.15, 0.2) is 6.07 Å². The van der Waals surface area contributed by atoms with Gasteiger partial charge in [0.1, 0.15) is 0 Å². The number of hydrogen-bond donors (Lipinski definition) is 1. The molecule has 2 aromatic rings. The molecule has 0 saturated heterocycles. The van der Waals surface area contributed by atoms with Gasteiger partial charge in [-0.3, -0.25) is 0 Å². The molecule has 2 heteroatoms. The molecular weight excluding hydrogens is 208 g/mol. The van der Waals surface area contributed by atoms with Crippen molar-refractivity contribution >= 4 is 11.4 Å². The third-order valence-corrected chi connectivity index (χ3v) is 2.21. The molecule has 0 fully saturated rings. The molecule has 0 spiro atoms. The molecule has 0 bridgehead atoms.